The van der Waals surface area contributed by atoms with Crippen LogP contribution < -0.4 is 0 Å². The highest BCUT2D eigenvalue weighted by Gasteiger charge is 2.24. The number of methoxy groups -OCH3 is 1. The van der Waals surface area contributed by atoms with Gasteiger partial charge in [-0.1, -0.05) is 0 Å². The zero-order chi connectivity index (χ0) is 9.84. The fourth-order valence-electron chi connectivity index (χ4n) is 1.39. The van der Waals surface area contributed by atoms with E-state index in [1.54, 1.807) is 0 Å². The fourth-order valence-corrected chi connectivity index (χ4v) is 2.04. The van der Waals surface area contributed by atoms with Gasteiger partial charge in [0.05, 0.1) is 12.4 Å². The first kappa shape index (κ1) is 10.3. The van der Waals surface area contributed by atoms with Crippen LogP contribution in [0, 0.1) is 0 Å². The number of hydrogen-bond donors (Lipinski definition) is 1. The molecule has 0 aromatic heterocycles. The molecular formula is C7H13NO4S. The fraction of sp³-hybridized carbons (Fsp3) is 0.857. The van der Waals surface area contributed by atoms with Crippen LogP contribution in [0.15, 0.2) is 0 Å². The summed E-state index contributed by atoms with van der Waals surface area (Å²) in [7, 11) is -1.02. The van der Waals surface area contributed by atoms with Crippen molar-refractivity contribution in [2.75, 3.05) is 20.2 Å². The summed E-state index contributed by atoms with van der Waals surface area (Å²) >= 11 is 0. The van der Waals surface area contributed by atoms with Gasteiger partial charge in [0, 0.05) is 13.1 Å². The molecule has 6 heteroatoms. The monoisotopic (exact) mass is 207 g/mol. The second-order valence-electron chi connectivity index (χ2n) is 2.97. The minimum absolute atomic E-state index is 0.268. The summed E-state index contributed by atoms with van der Waals surface area (Å²) in [6.07, 6.45) is 0.668. The first-order chi connectivity index (χ1) is 6.15. The smallest absolute Gasteiger partial charge is 0.409 e. The molecule has 1 fully saturated rings. The second kappa shape index (κ2) is 4.45. The van der Waals surface area contributed by atoms with Gasteiger partial charge in [-0.05, 0) is 12.8 Å². The van der Waals surface area contributed by atoms with Crippen LogP contribution in [0.5, 0.6) is 0 Å². The van der Waals surface area contributed by atoms with Crippen LogP contribution in [-0.4, -0.2) is 44.9 Å². The lowest BCUT2D eigenvalue weighted by Crippen LogP contribution is -2.40. The molecule has 1 aliphatic rings. The predicted molar refractivity (Wildman–Crippen MR) is 47.3 cm³/mol. The molecule has 0 aromatic carbocycles. The van der Waals surface area contributed by atoms with Crippen molar-refractivity contribution in [3.05, 3.63) is 0 Å². The number of thiol groups is 1. The number of hydrogen-bond acceptors (Lipinski definition) is 4. The normalized spacial score (nSPS) is 19.1. The van der Waals surface area contributed by atoms with Gasteiger partial charge in [-0.25, -0.2) is 13.2 Å². The Morgan fingerprint density at radius 1 is 1.38 bits per heavy atom. The van der Waals surface area contributed by atoms with Gasteiger partial charge in [0.2, 0.25) is 0 Å². The molecule has 0 N–H and O–H groups in total. The van der Waals surface area contributed by atoms with E-state index in [-0.39, 0.29) is 11.3 Å². The van der Waals surface area contributed by atoms with Crippen molar-refractivity contribution in [1.29, 1.82) is 0 Å². The Balaban J connectivity index is 2.43. The number of ether oxygens (including phenoxy) is 1. The Morgan fingerprint density at radius 2 is 1.92 bits per heavy atom. The summed E-state index contributed by atoms with van der Waals surface area (Å²) in [5.74, 6) is 0. The van der Waals surface area contributed by atoms with E-state index in [1.807, 2.05) is 0 Å². The molecule has 0 unspecified atom stereocenters. The molecule has 0 radical (unpaired) electrons. The summed E-state index contributed by atoms with van der Waals surface area (Å²) in [6, 6.07) is 0. The van der Waals surface area contributed by atoms with Crippen molar-refractivity contribution < 1.29 is 17.9 Å². The van der Waals surface area contributed by atoms with Crippen LogP contribution in [0.4, 0.5) is 4.79 Å². The maximum atomic E-state index is 11.0. The van der Waals surface area contributed by atoms with E-state index in [2.05, 4.69) is 4.74 Å². The van der Waals surface area contributed by atoms with E-state index in [4.69, 9.17) is 0 Å². The van der Waals surface area contributed by atoms with Gasteiger partial charge in [-0.15, -0.1) is 0 Å². The third-order valence-electron chi connectivity index (χ3n) is 2.20. The molecule has 0 atom stereocenters. The average molecular weight is 207 g/mol. The predicted octanol–water partition coefficient (Wildman–Crippen LogP) is -0.171. The number of likely N-dealkylation sites (tertiary alicyclic amines) is 1. The van der Waals surface area contributed by atoms with Gasteiger partial charge in [0.1, 0.15) is 10.7 Å². The number of carbonyl (C=O) groups is 1. The van der Waals surface area contributed by atoms with Gasteiger partial charge in [0.25, 0.3) is 0 Å². The highest BCUT2D eigenvalue weighted by Crippen LogP contribution is 2.13. The van der Waals surface area contributed by atoms with E-state index in [9.17, 15) is 13.2 Å². The van der Waals surface area contributed by atoms with E-state index in [1.165, 1.54) is 12.0 Å². The highest BCUT2D eigenvalue weighted by molar-refractivity contribution is 7.73. The van der Waals surface area contributed by atoms with Gasteiger partial charge in [-0.3, -0.25) is 0 Å². The van der Waals surface area contributed by atoms with Crippen molar-refractivity contribution >= 4 is 16.8 Å². The lowest BCUT2D eigenvalue weighted by Gasteiger charge is -2.28. The summed E-state index contributed by atoms with van der Waals surface area (Å²) in [4.78, 5) is 12.5. The first-order valence-corrected chi connectivity index (χ1v) is 5.36. The number of rotatable bonds is 1. The van der Waals surface area contributed by atoms with Crippen LogP contribution in [0.3, 0.4) is 0 Å². The summed E-state index contributed by atoms with van der Waals surface area (Å²) in [5.41, 5.74) is 0. The molecule has 1 aliphatic heterocycles. The quantitative estimate of drug-likeness (QED) is 0.606. The average Bonchev–Trinajstić information content (AvgIpc) is 2.17. The van der Waals surface area contributed by atoms with Crippen molar-refractivity contribution in [2.45, 2.75) is 18.1 Å². The van der Waals surface area contributed by atoms with Crippen molar-refractivity contribution in [3.63, 3.8) is 0 Å². The zero-order valence-electron chi connectivity index (χ0n) is 7.43. The van der Waals surface area contributed by atoms with E-state index in [0.29, 0.717) is 25.9 Å². The molecule has 0 aromatic rings. The molecule has 1 rings (SSSR count). The van der Waals surface area contributed by atoms with Crippen molar-refractivity contribution in [3.8, 4) is 0 Å². The molecular weight excluding hydrogens is 194 g/mol. The van der Waals surface area contributed by atoms with Crippen molar-refractivity contribution in [2.24, 2.45) is 0 Å². The van der Waals surface area contributed by atoms with Crippen LogP contribution >= 0.6 is 0 Å². The minimum Gasteiger partial charge on any atom is -0.453 e. The maximum absolute atomic E-state index is 11.0. The van der Waals surface area contributed by atoms with E-state index in [0.717, 1.165) is 0 Å². The molecule has 0 spiro atoms. The van der Waals surface area contributed by atoms with Gasteiger partial charge in [0.15, 0.2) is 0 Å². The Kier molecular flexibility index (Phi) is 3.53. The van der Waals surface area contributed by atoms with Crippen molar-refractivity contribution in [1.82, 2.24) is 4.90 Å². The third kappa shape index (κ3) is 2.58. The van der Waals surface area contributed by atoms with Gasteiger partial charge >= 0.3 is 6.09 Å². The second-order valence-corrected chi connectivity index (χ2v) is 4.27. The third-order valence-corrected chi connectivity index (χ3v) is 3.31. The van der Waals surface area contributed by atoms with Crippen LogP contribution in [0.25, 0.3) is 0 Å². The molecule has 0 bridgehead atoms. The lowest BCUT2D eigenvalue weighted by molar-refractivity contribution is 0.116. The van der Waals surface area contributed by atoms with Crippen LogP contribution in [0.2, 0.25) is 0 Å². The standard InChI is InChI=1S/C7H13NO4S/c1-12-7(9)8-4-2-6(3-5-8)13(10)11/h6,13H,2-5H2,1H3. The largest absolute Gasteiger partial charge is 0.453 e. The molecule has 76 valence electrons. The lowest BCUT2D eigenvalue weighted by atomic mass is 10.1. The van der Waals surface area contributed by atoms with E-state index < -0.39 is 10.7 Å². The summed E-state index contributed by atoms with van der Waals surface area (Å²) in [5, 5.41) is -0.268. The molecule has 0 saturated carbocycles. The molecule has 13 heavy (non-hydrogen) atoms. The number of piperidine rings is 1. The number of carbonyl (C=O) groups excluding carboxylic acids is 1. The van der Waals surface area contributed by atoms with Crippen LogP contribution in [-0.2, 0) is 15.4 Å². The number of nitrogens with zero attached hydrogens (tertiary/aromatic N) is 1. The highest BCUT2D eigenvalue weighted by atomic mass is 32.2. The van der Waals surface area contributed by atoms with E-state index >= 15 is 0 Å². The Morgan fingerprint density at radius 3 is 2.31 bits per heavy atom. The molecule has 1 amide bonds. The maximum Gasteiger partial charge on any atom is 0.409 e. The SMILES string of the molecule is COC(=O)N1CCC([SH](=O)=O)CC1. The molecule has 1 saturated heterocycles. The Hall–Kier alpha value is -0.780. The first-order valence-electron chi connectivity index (χ1n) is 4.11. The molecule has 5 nitrogen and oxygen atoms in total. The zero-order valence-corrected chi connectivity index (χ0v) is 8.33. The summed E-state index contributed by atoms with van der Waals surface area (Å²) < 4.78 is 25.7. The molecule has 0 aliphatic carbocycles. The number of amides is 1. The van der Waals surface area contributed by atoms with Gasteiger partial charge in [-0.2, -0.15) is 0 Å². The Bertz CT molecular complexity index is 247. The van der Waals surface area contributed by atoms with Crippen LogP contribution in [0.1, 0.15) is 12.8 Å². The molecule has 1 heterocycles. The Labute approximate surface area is 78.6 Å². The summed E-state index contributed by atoms with van der Waals surface area (Å²) in [6.45, 7) is 0.946. The topological polar surface area (TPSA) is 63.7 Å². The van der Waals surface area contributed by atoms with Gasteiger partial charge < -0.3 is 9.64 Å². The minimum atomic E-state index is -2.34.